The Balaban J connectivity index is 2.00. The number of rotatable bonds is 8. The van der Waals surface area contributed by atoms with Crippen LogP contribution in [-0.4, -0.2) is 17.7 Å². The summed E-state index contributed by atoms with van der Waals surface area (Å²) in [6, 6.07) is 7.32. The molecule has 0 aliphatic rings. The van der Waals surface area contributed by atoms with Crippen LogP contribution in [0.1, 0.15) is 32.1 Å². The van der Waals surface area contributed by atoms with Gasteiger partial charge in [0.05, 0.1) is 6.61 Å². The first-order valence-electron chi connectivity index (χ1n) is 6.03. The fourth-order valence-corrected chi connectivity index (χ4v) is 1.72. The molecule has 5 heteroatoms. The van der Waals surface area contributed by atoms with Gasteiger partial charge in [-0.3, -0.25) is 10.0 Å². The Kier molecular flexibility index (Phi) is 7.22. The van der Waals surface area contributed by atoms with E-state index in [0.717, 1.165) is 31.4 Å². The lowest BCUT2D eigenvalue weighted by molar-refractivity contribution is -0.129. The van der Waals surface area contributed by atoms with Crippen molar-refractivity contribution in [2.24, 2.45) is 0 Å². The van der Waals surface area contributed by atoms with Gasteiger partial charge in [0.2, 0.25) is 5.91 Å². The average molecular weight is 272 g/mol. The number of carbonyl (C=O) groups is 1. The molecule has 2 N–H and O–H groups in total. The topological polar surface area (TPSA) is 58.6 Å². The van der Waals surface area contributed by atoms with Gasteiger partial charge in [0, 0.05) is 11.4 Å². The van der Waals surface area contributed by atoms with E-state index in [2.05, 4.69) is 0 Å². The Morgan fingerprint density at radius 2 is 2.06 bits per heavy atom. The zero-order valence-electron chi connectivity index (χ0n) is 10.2. The molecule has 0 radical (unpaired) electrons. The number of hydroxylamine groups is 1. The maximum absolute atomic E-state index is 10.7. The molecule has 0 aromatic heterocycles. The van der Waals surface area contributed by atoms with Gasteiger partial charge in [0.15, 0.2) is 0 Å². The number of carbonyl (C=O) groups excluding carboxylic acids is 1. The van der Waals surface area contributed by atoms with Crippen LogP contribution in [-0.2, 0) is 4.79 Å². The molecule has 0 atom stereocenters. The van der Waals surface area contributed by atoms with Crippen LogP contribution in [0.15, 0.2) is 24.3 Å². The van der Waals surface area contributed by atoms with Gasteiger partial charge in [-0.05, 0) is 31.0 Å². The van der Waals surface area contributed by atoms with Gasteiger partial charge >= 0.3 is 0 Å². The molecule has 100 valence electrons. The Labute approximate surface area is 112 Å². The second-order valence-electron chi connectivity index (χ2n) is 4.01. The summed E-state index contributed by atoms with van der Waals surface area (Å²) in [7, 11) is 0. The van der Waals surface area contributed by atoms with Crippen molar-refractivity contribution in [2.75, 3.05) is 6.61 Å². The SMILES string of the molecule is O=C(CCCCCCOc1cccc(Cl)c1)NO. The summed E-state index contributed by atoms with van der Waals surface area (Å²) in [6.45, 7) is 0.645. The number of ether oxygens (including phenoxy) is 1. The van der Waals surface area contributed by atoms with Crippen molar-refractivity contribution in [1.82, 2.24) is 5.48 Å². The molecule has 0 heterocycles. The summed E-state index contributed by atoms with van der Waals surface area (Å²) >= 11 is 5.83. The third kappa shape index (κ3) is 6.47. The molecule has 0 bridgehead atoms. The first-order chi connectivity index (χ1) is 8.72. The highest BCUT2D eigenvalue weighted by Gasteiger charge is 1.99. The number of benzene rings is 1. The Morgan fingerprint density at radius 3 is 2.78 bits per heavy atom. The number of hydrogen-bond donors (Lipinski definition) is 2. The summed E-state index contributed by atoms with van der Waals surface area (Å²) < 4.78 is 5.53. The number of unbranched alkanes of at least 4 members (excludes halogenated alkanes) is 3. The van der Waals surface area contributed by atoms with Gasteiger partial charge in [-0.15, -0.1) is 0 Å². The lowest BCUT2D eigenvalue weighted by Crippen LogP contribution is -2.17. The van der Waals surface area contributed by atoms with Crippen LogP contribution in [0, 0.1) is 0 Å². The molecule has 1 aromatic rings. The van der Waals surface area contributed by atoms with Crippen LogP contribution in [0.3, 0.4) is 0 Å². The van der Waals surface area contributed by atoms with E-state index in [0.29, 0.717) is 18.1 Å². The quantitative estimate of drug-likeness (QED) is 0.434. The van der Waals surface area contributed by atoms with Crippen molar-refractivity contribution < 1.29 is 14.7 Å². The van der Waals surface area contributed by atoms with Crippen LogP contribution >= 0.6 is 11.6 Å². The predicted molar refractivity (Wildman–Crippen MR) is 70.0 cm³/mol. The fraction of sp³-hybridized carbons (Fsp3) is 0.462. The Morgan fingerprint density at radius 1 is 1.28 bits per heavy atom. The summed E-state index contributed by atoms with van der Waals surface area (Å²) in [5, 5.41) is 8.96. The molecule has 0 saturated heterocycles. The number of halogens is 1. The monoisotopic (exact) mass is 271 g/mol. The van der Waals surface area contributed by atoms with Crippen molar-refractivity contribution in [1.29, 1.82) is 0 Å². The van der Waals surface area contributed by atoms with E-state index < -0.39 is 0 Å². The van der Waals surface area contributed by atoms with E-state index in [9.17, 15) is 4.79 Å². The summed E-state index contributed by atoms with van der Waals surface area (Å²) in [5.41, 5.74) is 1.62. The Hall–Kier alpha value is -1.26. The van der Waals surface area contributed by atoms with Crippen LogP contribution in [0.25, 0.3) is 0 Å². The van der Waals surface area contributed by atoms with Gasteiger partial charge in [-0.25, -0.2) is 5.48 Å². The molecule has 4 nitrogen and oxygen atoms in total. The molecule has 0 unspecified atom stereocenters. The normalized spacial score (nSPS) is 10.1. The number of hydrogen-bond acceptors (Lipinski definition) is 3. The van der Waals surface area contributed by atoms with Gasteiger partial charge in [-0.2, -0.15) is 0 Å². The minimum atomic E-state index is -0.329. The van der Waals surface area contributed by atoms with Gasteiger partial charge in [0.1, 0.15) is 5.75 Å². The van der Waals surface area contributed by atoms with E-state index in [1.807, 2.05) is 12.1 Å². The van der Waals surface area contributed by atoms with Gasteiger partial charge in [-0.1, -0.05) is 30.5 Å². The fourth-order valence-electron chi connectivity index (χ4n) is 1.54. The lowest BCUT2D eigenvalue weighted by atomic mass is 10.1. The highest BCUT2D eigenvalue weighted by molar-refractivity contribution is 6.30. The largest absolute Gasteiger partial charge is 0.494 e. The zero-order valence-corrected chi connectivity index (χ0v) is 10.9. The molecule has 0 aliphatic heterocycles. The molecule has 0 spiro atoms. The van der Waals surface area contributed by atoms with Crippen molar-refractivity contribution in [3.8, 4) is 5.75 Å². The minimum absolute atomic E-state index is 0.329. The maximum atomic E-state index is 10.7. The van der Waals surface area contributed by atoms with Crippen molar-refractivity contribution >= 4 is 17.5 Å². The van der Waals surface area contributed by atoms with Crippen LogP contribution < -0.4 is 10.2 Å². The average Bonchev–Trinajstić information content (AvgIpc) is 2.37. The van der Waals surface area contributed by atoms with Gasteiger partial charge < -0.3 is 4.74 Å². The second kappa shape index (κ2) is 8.78. The zero-order chi connectivity index (χ0) is 13.2. The van der Waals surface area contributed by atoms with Crippen LogP contribution in [0.4, 0.5) is 0 Å². The van der Waals surface area contributed by atoms with Crippen LogP contribution in [0.5, 0.6) is 5.75 Å². The van der Waals surface area contributed by atoms with Crippen molar-refractivity contribution in [3.63, 3.8) is 0 Å². The van der Waals surface area contributed by atoms with Crippen molar-refractivity contribution in [2.45, 2.75) is 32.1 Å². The molecule has 1 amide bonds. The second-order valence-corrected chi connectivity index (χ2v) is 4.44. The first-order valence-corrected chi connectivity index (χ1v) is 6.41. The summed E-state index contributed by atoms with van der Waals surface area (Å²) in [6.07, 6.45) is 4.04. The highest BCUT2D eigenvalue weighted by atomic mass is 35.5. The highest BCUT2D eigenvalue weighted by Crippen LogP contribution is 2.17. The first kappa shape index (κ1) is 14.8. The van der Waals surface area contributed by atoms with Crippen LogP contribution in [0.2, 0.25) is 5.02 Å². The number of nitrogens with one attached hydrogen (secondary N) is 1. The molecule has 18 heavy (non-hydrogen) atoms. The molecule has 0 fully saturated rings. The Bertz CT molecular complexity index is 371. The predicted octanol–water partition coefficient (Wildman–Crippen LogP) is 3.17. The van der Waals surface area contributed by atoms with E-state index in [4.69, 9.17) is 21.5 Å². The molecule has 0 aliphatic carbocycles. The summed E-state index contributed by atoms with van der Waals surface area (Å²) in [4.78, 5) is 10.7. The van der Waals surface area contributed by atoms with E-state index >= 15 is 0 Å². The van der Waals surface area contributed by atoms with E-state index in [-0.39, 0.29) is 5.91 Å². The molecule has 1 rings (SSSR count). The van der Waals surface area contributed by atoms with E-state index in [1.54, 1.807) is 17.6 Å². The minimum Gasteiger partial charge on any atom is -0.494 e. The molecule has 1 aromatic carbocycles. The molecular weight excluding hydrogens is 254 g/mol. The smallest absolute Gasteiger partial charge is 0.243 e. The molecular formula is C13H18ClNO3. The van der Waals surface area contributed by atoms with Gasteiger partial charge in [0.25, 0.3) is 0 Å². The standard InChI is InChI=1S/C13H18ClNO3/c14-11-6-5-7-12(10-11)18-9-4-2-1-3-8-13(16)15-17/h5-7,10,17H,1-4,8-9H2,(H,15,16). The summed E-state index contributed by atoms with van der Waals surface area (Å²) in [5.74, 6) is 0.451. The number of amides is 1. The maximum Gasteiger partial charge on any atom is 0.243 e. The van der Waals surface area contributed by atoms with Crippen molar-refractivity contribution in [3.05, 3.63) is 29.3 Å². The third-order valence-electron chi connectivity index (χ3n) is 2.49. The molecule has 0 saturated carbocycles. The third-order valence-corrected chi connectivity index (χ3v) is 2.72. The van der Waals surface area contributed by atoms with E-state index in [1.165, 1.54) is 0 Å². The lowest BCUT2D eigenvalue weighted by Gasteiger charge is -2.06.